The van der Waals surface area contributed by atoms with Crippen LogP contribution in [0.25, 0.3) is 10.4 Å². The lowest BCUT2D eigenvalue weighted by Gasteiger charge is -2.29. The second kappa shape index (κ2) is 6.56. The molecule has 1 aliphatic carbocycles. The van der Waals surface area contributed by atoms with Gasteiger partial charge in [-0.25, -0.2) is 4.79 Å². The average molecular weight is 359 g/mol. The Balaban J connectivity index is 2.17. The van der Waals surface area contributed by atoms with E-state index in [1.807, 2.05) is 13.8 Å². The van der Waals surface area contributed by atoms with Gasteiger partial charge >= 0.3 is 5.97 Å². The van der Waals surface area contributed by atoms with Crippen molar-refractivity contribution >= 4 is 17.3 Å². The third kappa shape index (κ3) is 3.36. The Bertz CT molecular complexity index is 837. The Kier molecular flexibility index (Phi) is 4.75. The zero-order valence-corrected chi connectivity index (χ0v) is 16.1. The highest BCUT2D eigenvalue weighted by atomic mass is 32.1. The second-order valence-corrected chi connectivity index (χ2v) is 8.93. The molecule has 0 atom stereocenters. The minimum atomic E-state index is -0.810. The van der Waals surface area contributed by atoms with Gasteiger partial charge in [0.2, 0.25) is 0 Å². The van der Waals surface area contributed by atoms with Gasteiger partial charge in [-0.15, -0.1) is 11.3 Å². The van der Waals surface area contributed by atoms with Crippen molar-refractivity contribution in [1.29, 1.82) is 0 Å². The van der Waals surface area contributed by atoms with Crippen LogP contribution in [0.4, 0.5) is 0 Å². The van der Waals surface area contributed by atoms with Gasteiger partial charge in [0.05, 0.1) is 5.56 Å². The minimum Gasteiger partial charge on any atom is -0.478 e. The summed E-state index contributed by atoms with van der Waals surface area (Å²) >= 11 is 1.67. The van der Waals surface area contributed by atoms with Crippen molar-refractivity contribution in [1.82, 2.24) is 5.43 Å². The van der Waals surface area contributed by atoms with Crippen LogP contribution in [0.1, 0.15) is 57.8 Å². The highest BCUT2D eigenvalue weighted by Crippen LogP contribution is 2.46. The summed E-state index contributed by atoms with van der Waals surface area (Å²) in [6.45, 7) is 9.15. The fourth-order valence-corrected chi connectivity index (χ4v) is 5.15. The maximum absolute atomic E-state index is 12.1. The summed E-state index contributed by atoms with van der Waals surface area (Å²) in [5, 5.41) is 9.92. The smallest absolute Gasteiger partial charge is 0.337 e. The number of nitrogens with two attached hydrogens (primary N) is 1. The highest BCUT2D eigenvalue weighted by Gasteiger charge is 2.33. The number of hydrogen-bond acceptors (Lipinski definition) is 4. The zero-order valence-electron chi connectivity index (χ0n) is 15.3. The average Bonchev–Trinajstić information content (AvgIpc) is 2.87. The van der Waals surface area contributed by atoms with Gasteiger partial charge in [-0.1, -0.05) is 26.0 Å². The first kappa shape index (κ1) is 18.1. The molecule has 4 N–H and O–H groups in total. The Morgan fingerprint density at radius 2 is 2.04 bits per heavy atom. The standard InChI is InChI=1S/C20H26N2O2S/c1-11-8-14(12(2)7-13(11)10-22-21)18-17(19(23)24)15-9-20(3,4)6-5-16(15)25-18/h7-8,22H,5-6,9-10,21H2,1-4H3,(H,23,24). The van der Waals surface area contributed by atoms with Crippen molar-refractivity contribution in [3.05, 3.63) is 44.8 Å². The molecular formula is C20H26N2O2S. The van der Waals surface area contributed by atoms with Crippen LogP contribution >= 0.6 is 11.3 Å². The summed E-state index contributed by atoms with van der Waals surface area (Å²) in [5.74, 6) is 4.65. The summed E-state index contributed by atoms with van der Waals surface area (Å²) in [7, 11) is 0. The number of aromatic carboxylic acids is 1. The maximum atomic E-state index is 12.1. The lowest BCUT2D eigenvalue weighted by molar-refractivity contribution is 0.0696. The van der Waals surface area contributed by atoms with E-state index in [0.29, 0.717) is 12.1 Å². The van der Waals surface area contributed by atoms with Crippen molar-refractivity contribution in [3.63, 3.8) is 0 Å². The van der Waals surface area contributed by atoms with Crippen molar-refractivity contribution in [2.45, 2.75) is 53.5 Å². The fourth-order valence-electron chi connectivity index (χ4n) is 3.76. The minimum absolute atomic E-state index is 0.164. The third-order valence-corrected chi connectivity index (χ3v) is 6.53. The van der Waals surface area contributed by atoms with Gasteiger partial charge in [0.25, 0.3) is 0 Å². The molecule has 0 spiro atoms. The number of hydrazine groups is 1. The molecule has 0 unspecified atom stereocenters. The number of hydrogen-bond donors (Lipinski definition) is 3. The molecule has 25 heavy (non-hydrogen) atoms. The van der Waals surface area contributed by atoms with Crippen LogP contribution in [0.5, 0.6) is 0 Å². The topological polar surface area (TPSA) is 75.3 Å². The molecule has 0 aliphatic heterocycles. The van der Waals surface area contributed by atoms with Gasteiger partial charge in [-0.2, -0.15) is 0 Å². The van der Waals surface area contributed by atoms with Gasteiger partial charge < -0.3 is 5.11 Å². The zero-order chi connectivity index (χ0) is 18.4. The first-order valence-electron chi connectivity index (χ1n) is 8.65. The molecule has 1 aromatic carbocycles. The van der Waals surface area contributed by atoms with E-state index < -0.39 is 5.97 Å². The van der Waals surface area contributed by atoms with Crippen molar-refractivity contribution in [2.24, 2.45) is 11.3 Å². The lowest BCUT2D eigenvalue weighted by Crippen LogP contribution is -2.22. The van der Waals surface area contributed by atoms with Crippen molar-refractivity contribution in [2.75, 3.05) is 0 Å². The number of benzene rings is 1. The molecule has 0 fully saturated rings. The number of nitrogens with one attached hydrogen (secondary N) is 1. The quantitative estimate of drug-likeness (QED) is 0.565. The number of carbonyl (C=O) groups is 1. The summed E-state index contributed by atoms with van der Waals surface area (Å²) in [6, 6.07) is 4.22. The number of carboxylic acids is 1. The molecule has 1 aromatic heterocycles. The van der Waals surface area contributed by atoms with E-state index in [1.54, 1.807) is 11.3 Å². The largest absolute Gasteiger partial charge is 0.478 e. The van der Waals surface area contributed by atoms with Gasteiger partial charge in [0.1, 0.15) is 0 Å². The molecule has 1 aliphatic rings. The SMILES string of the molecule is Cc1cc(-c2sc3c(c2C(=O)O)CC(C)(C)CC3)c(C)cc1CNN. The second-order valence-electron chi connectivity index (χ2n) is 7.83. The number of carboxylic acid groups (broad SMARTS) is 1. The monoisotopic (exact) mass is 358 g/mol. The number of rotatable bonds is 4. The van der Waals surface area contributed by atoms with Gasteiger partial charge in [-0.3, -0.25) is 11.3 Å². The van der Waals surface area contributed by atoms with E-state index >= 15 is 0 Å². The Morgan fingerprint density at radius 3 is 2.68 bits per heavy atom. The van der Waals surface area contributed by atoms with E-state index in [9.17, 15) is 9.90 Å². The molecule has 3 rings (SSSR count). The summed E-state index contributed by atoms with van der Waals surface area (Å²) in [4.78, 5) is 14.2. The van der Waals surface area contributed by atoms with Crippen LogP contribution in [-0.2, 0) is 19.4 Å². The molecular weight excluding hydrogens is 332 g/mol. The van der Waals surface area contributed by atoms with E-state index in [1.165, 1.54) is 4.88 Å². The molecule has 5 heteroatoms. The van der Waals surface area contributed by atoms with Gasteiger partial charge in [0, 0.05) is 16.3 Å². The molecule has 2 aromatic rings. The van der Waals surface area contributed by atoms with E-state index in [2.05, 4.69) is 31.4 Å². The predicted molar refractivity (Wildman–Crippen MR) is 103 cm³/mol. The Morgan fingerprint density at radius 1 is 1.32 bits per heavy atom. The molecule has 4 nitrogen and oxygen atoms in total. The Labute approximate surface area is 153 Å². The van der Waals surface area contributed by atoms with Crippen LogP contribution in [0.3, 0.4) is 0 Å². The van der Waals surface area contributed by atoms with Crippen LogP contribution in [0.15, 0.2) is 12.1 Å². The van der Waals surface area contributed by atoms with E-state index in [-0.39, 0.29) is 5.41 Å². The first-order valence-corrected chi connectivity index (χ1v) is 9.47. The first-order chi connectivity index (χ1) is 11.7. The molecule has 0 saturated heterocycles. The molecule has 0 saturated carbocycles. The van der Waals surface area contributed by atoms with E-state index in [4.69, 9.17) is 5.84 Å². The van der Waals surface area contributed by atoms with Crippen molar-refractivity contribution < 1.29 is 9.90 Å². The normalized spacial score (nSPS) is 15.9. The maximum Gasteiger partial charge on any atom is 0.337 e. The van der Waals surface area contributed by atoms with Crippen LogP contribution in [0.2, 0.25) is 0 Å². The fraction of sp³-hybridized carbons (Fsp3) is 0.450. The third-order valence-electron chi connectivity index (χ3n) is 5.21. The molecule has 134 valence electrons. The van der Waals surface area contributed by atoms with Crippen LogP contribution < -0.4 is 11.3 Å². The molecule has 0 amide bonds. The van der Waals surface area contributed by atoms with Gasteiger partial charge in [0.15, 0.2) is 0 Å². The Hall–Kier alpha value is -1.69. The highest BCUT2D eigenvalue weighted by molar-refractivity contribution is 7.16. The molecule has 0 bridgehead atoms. The number of aryl methyl sites for hydroxylation is 3. The number of fused-ring (bicyclic) bond motifs is 1. The summed E-state index contributed by atoms with van der Waals surface area (Å²) in [5.41, 5.74) is 8.82. The molecule has 1 heterocycles. The van der Waals surface area contributed by atoms with Crippen LogP contribution in [0, 0.1) is 19.3 Å². The van der Waals surface area contributed by atoms with E-state index in [0.717, 1.165) is 52.0 Å². The van der Waals surface area contributed by atoms with Gasteiger partial charge in [-0.05, 0) is 66.3 Å². The number of thiophene rings is 1. The predicted octanol–water partition coefficient (Wildman–Crippen LogP) is 4.21. The molecule has 0 radical (unpaired) electrons. The van der Waals surface area contributed by atoms with Crippen molar-refractivity contribution in [3.8, 4) is 10.4 Å². The summed E-state index contributed by atoms with van der Waals surface area (Å²) < 4.78 is 0. The lowest BCUT2D eigenvalue weighted by atomic mass is 9.76. The summed E-state index contributed by atoms with van der Waals surface area (Å²) in [6.07, 6.45) is 2.92. The van der Waals surface area contributed by atoms with Crippen LogP contribution in [-0.4, -0.2) is 11.1 Å².